The molecule has 17 heavy (non-hydrogen) atoms. The fourth-order valence-electron chi connectivity index (χ4n) is 1.21. The molecular weight excluding hydrogens is 224 g/mol. The zero-order valence-electron chi connectivity index (χ0n) is 10.4. The molecule has 0 aromatic rings. The van der Waals surface area contributed by atoms with Crippen LogP contribution in [0.5, 0.6) is 0 Å². The quantitative estimate of drug-likeness (QED) is 0.530. The van der Waals surface area contributed by atoms with Crippen molar-refractivity contribution in [3.05, 3.63) is 0 Å². The third-order valence-electron chi connectivity index (χ3n) is 2.08. The number of carboxylic acids is 1. The molecule has 0 saturated carbocycles. The van der Waals surface area contributed by atoms with Crippen LogP contribution in [0.4, 0.5) is 0 Å². The van der Waals surface area contributed by atoms with Crippen molar-refractivity contribution in [3.8, 4) is 0 Å². The van der Waals surface area contributed by atoms with Crippen molar-refractivity contribution in [2.45, 2.75) is 39.0 Å². The normalized spacial score (nSPS) is 10.4. The number of carbonyl (C=O) groups is 2. The summed E-state index contributed by atoms with van der Waals surface area (Å²) in [5.74, 6) is -0.944. The molecular formula is C12H22O5. The lowest BCUT2D eigenvalue weighted by Gasteiger charge is -2.04. The molecule has 0 unspecified atom stereocenters. The standard InChI is InChI=1S/C12H22O5/c1-2-7-16-9-10-17-8-3-4-11(13)5-6-12(14)15/h2-10H2,1H3,(H,14,15). The van der Waals surface area contributed by atoms with Crippen molar-refractivity contribution in [1.82, 2.24) is 0 Å². The topological polar surface area (TPSA) is 72.8 Å². The van der Waals surface area contributed by atoms with Gasteiger partial charge in [-0.15, -0.1) is 0 Å². The number of rotatable bonds is 12. The van der Waals surface area contributed by atoms with Crippen LogP contribution in [0.2, 0.25) is 0 Å². The first-order chi connectivity index (χ1) is 8.16. The van der Waals surface area contributed by atoms with Crippen LogP contribution >= 0.6 is 0 Å². The van der Waals surface area contributed by atoms with Gasteiger partial charge in [0.1, 0.15) is 5.78 Å². The van der Waals surface area contributed by atoms with Crippen LogP contribution in [-0.2, 0) is 19.1 Å². The van der Waals surface area contributed by atoms with E-state index in [0.29, 0.717) is 32.7 Å². The lowest BCUT2D eigenvalue weighted by molar-refractivity contribution is -0.138. The maximum absolute atomic E-state index is 11.2. The molecule has 0 atom stereocenters. The Morgan fingerprint density at radius 3 is 2.18 bits per heavy atom. The van der Waals surface area contributed by atoms with E-state index < -0.39 is 5.97 Å². The summed E-state index contributed by atoms with van der Waals surface area (Å²) in [7, 11) is 0. The molecule has 0 spiro atoms. The van der Waals surface area contributed by atoms with Crippen molar-refractivity contribution in [3.63, 3.8) is 0 Å². The first kappa shape index (κ1) is 16.1. The predicted molar refractivity (Wildman–Crippen MR) is 63.0 cm³/mol. The number of hydrogen-bond donors (Lipinski definition) is 1. The molecule has 5 heteroatoms. The van der Waals surface area contributed by atoms with E-state index >= 15 is 0 Å². The third-order valence-corrected chi connectivity index (χ3v) is 2.08. The second kappa shape index (κ2) is 11.5. The van der Waals surface area contributed by atoms with Crippen molar-refractivity contribution in [2.75, 3.05) is 26.4 Å². The van der Waals surface area contributed by atoms with Crippen LogP contribution in [0.1, 0.15) is 39.0 Å². The molecule has 0 saturated heterocycles. The van der Waals surface area contributed by atoms with E-state index in [1.807, 2.05) is 6.92 Å². The molecule has 1 N–H and O–H groups in total. The lowest BCUT2D eigenvalue weighted by Crippen LogP contribution is -2.08. The van der Waals surface area contributed by atoms with Crippen molar-refractivity contribution in [1.29, 1.82) is 0 Å². The van der Waals surface area contributed by atoms with Crippen molar-refractivity contribution < 1.29 is 24.2 Å². The average Bonchev–Trinajstić information content (AvgIpc) is 2.30. The Hall–Kier alpha value is -0.940. The van der Waals surface area contributed by atoms with E-state index in [-0.39, 0.29) is 18.6 Å². The minimum Gasteiger partial charge on any atom is -0.481 e. The van der Waals surface area contributed by atoms with Gasteiger partial charge in [-0.25, -0.2) is 0 Å². The summed E-state index contributed by atoms with van der Waals surface area (Å²) in [6.45, 7) is 4.44. The summed E-state index contributed by atoms with van der Waals surface area (Å²) in [4.78, 5) is 21.4. The smallest absolute Gasteiger partial charge is 0.303 e. The summed E-state index contributed by atoms with van der Waals surface area (Å²) in [5, 5.41) is 8.38. The highest BCUT2D eigenvalue weighted by Crippen LogP contribution is 1.99. The molecule has 0 bridgehead atoms. The van der Waals surface area contributed by atoms with Crippen LogP contribution in [0, 0.1) is 0 Å². The van der Waals surface area contributed by atoms with Crippen LogP contribution in [0.25, 0.3) is 0 Å². The summed E-state index contributed by atoms with van der Waals surface area (Å²) in [5.41, 5.74) is 0. The van der Waals surface area contributed by atoms with Gasteiger partial charge in [0.05, 0.1) is 19.6 Å². The van der Waals surface area contributed by atoms with Crippen LogP contribution in [0.3, 0.4) is 0 Å². The first-order valence-electron chi connectivity index (χ1n) is 6.05. The number of aliphatic carboxylic acids is 1. The molecule has 0 fully saturated rings. The molecule has 0 aliphatic rings. The largest absolute Gasteiger partial charge is 0.481 e. The molecule has 0 heterocycles. The van der Waals surface area contributed by atoms with E-state index in [1.54, 1.807) is 0 Å². The number of carboxylic acid groups (broad SMARTS) is 1. The van der Waals surface area contributed by atoms with Crippen molar-refractivity contribution in [2.24, 2.45) is 0 Å². The average molecular weight is 246 g/mol. The van der Waals surface area contributed by atoms with Gasteiger partial charge in [-0.3, -0.25) is 9.59 Å². The highest BCUT2D eigenvalue weighted by molar-refractivity contribution is 5.82. The SMILES string of the molecule is CCCOCCOCCCC(=O)CCC(=O)O. The van der Waals surface area contributed by atoms with Gasteiger partial charge >= 0.3 is 5.97 Å². The number of Topliss-reactive ketones (excluding diaryl/α,β-unsaturated/α-hetero) is 1. The number of ether oxygens (including phenoxy) is 2. The monoisotopic (exact) mass is 246 g/mol. The summed E-state index contributed by atoms with van der Waals surface area (Å²) >= 11 is 0. The highest BCUT2D eigenvalue weighted by atomic mass is 16.5. The highest BCUT2D eigenvalue weighted by Gasteiger charge is 2.04. The van der Waals surface area contributed by atoms with E-state index in [2.05, 4.69) is 0 Å². The summed E-state index contributed by atoms with van der Waals surface area (Å²) < 4.78 is 10.5. The fourth-order valence-corrected chi connectivity index (χ4v) is 1.21. The minimum absolute atomic E-state index is 0.0155. The third kappa shape index (κ3) is 13.0. The van der Waals surface area contributed by atoms with Gasteiger partial charge in [0.2, 0.25) is 0 Å². The molecule has 100 valence electrons. The Morgan fingerprint density at radius 1 is 0.941 bits per heavy atom. The van der Waals surface area contributed by atoms with Gasteiger partial charge < -0.3 is 14.6 Å². The number of hydrogen-bond acceptors (Lipinski definition) is 4. The Bertz CT molecular complexity index is 215. The molecule has 0 amide bonds. The maximum Gasteiger partial charge on any atom is 0.303 e. The zero-order chi connectivity index (χ0) is 12.9. The minimum atomic E-state index is -0.928. The molecule has 0 aliphatic carbocycles. The second-order valence-corrected chi connectivity index (χ2v) is 3.76. The maximum atomic E-state index is 11.2. The Balaban J connectivity index is 3.16. The fraction of sp³-hybridized carbons (Fsp3) is 0.833. The van der Waals surface area contributed by atoms with E-state index in [9.17, 15) is 9.59 Å². The van der Waals surface area contributed by atoms with Gasteiger partial charge in [0.15, 0.2) is 0 Å². The summed E-state index contributed by atoms with van der Waals surface area (Å²) in [6, 6.07) is 0. The second-order valence-electron chi connectivity index (χ2n) is 3.76. The van der Waals surface area contributed by atoms with E-state index in [4.69, 9.17) is 14.6 Å². The molecule has 0 aromatic carbocycles. The van der Waals surface area contributed by atoms with Gasteiger partial charge in [-0.05, 0) is 12.8 Å². The van der Waals surface area contributed by atoms with Gasteiger partial charge in [0, 0.05) is 26.1 Å². The van der Waals surface area contributed by atoms with Gasteiger partial charge in [-0.2, -0.15) is 0 Å². The molecule has 0 radical (unpaired) electrons. The molecule has 5 nitrogen and oxygen atoms in total. The first-order valence-corrected chi connectivity index (χ1v) is 6.05. The Kier molecular flexibility index (Phi) is 10.9. The van der Waals surface area contributed by atoms with Crippen LogP contribution in [-0.4, -0.2) is 43.3 Å². The Morgan fingerprint density at radius 2 is 1.59 bits per heavy atom. The van der Waals surface area contributed by atoms with Crippen LogP contribution in [0.15, 0.2) is 0 Å². The van der Waals surface area contributed by atoms with Crippen LogP contribution < -0.4 is 0 Å². The zero-order valence-corrected chi connectivity index (χ0v) is 10.4. The predicted octanol–water partition coefficient (Wildman–Crippen LogP) is 1.64. The Labute approximate surface area is 102 Å². The number of carbonyl (C=O) groups excluding carboxylic acids is 1. The molecule has 0 rings (SSSR count). The van der Waals surface area contributed by atoms with Gasteiger partial charge in [0.25, 0.3) is 0 Å². The molecule has 0 aliphatic heterocycles. The van der Waals surface area contributed by atoms with Gasteiger partial charge in [-0.1, -0.05) is 6.92 Å². The summed E-state index contributed by atoms with van der Waals surface area (Å²) in [6.07, 6.45) is 2.08. The lowest BCUT2D eigenvalue weighted by atomic mass is 10.1. The molecule has 0 aromatic heterocycles. The number of ketones is 1. The van der Waals surface area contributed by atoms with Crippen molar-refractivity contribution >= 4 is 11.8 Å². The van der Waals surface area contributed by atoms with E-state index in [1.165, 1.54) is 0 Å². The van der Waals surface area contributed by atoms with E-state index in [0.717, 1.165) is 13.0 Å².